The molecule has 74 valence electrons. The molecule has 2 rings (SSSR count). The smallest absolute Gasteiger partial charge is 0.241 e. The molecule has 1 saturated heterocycles. The number of nitrogens with one attached hydrogen (secondary N) is 2. The van der Waals surface area contributed by atoms with Crippen LogP contribution in [0.2, 0.25) is 0 Å². The van der Waals surface area contributed by atoms with Gasteiger partial charge in [0.15, 0.2) is 0 Å². The summed E-state index contributed by atoms with van der Waals surface area (Å²) in [4.78, 5) is 11.5. The van der Waals surface area contributed by atoms with E-state index in [1.165, 1.54) is 0 Å². The lowest BCUT2D eigenvalue weighted by Crippen LogP contribution is -2.50. The molecule has 0 unspecified atom stereocenters. The minimum absolute atomic E-state index is 0.00557. The van der Waals surface area contributed by atoms with Gasteiger partial charge in [-0.1, -0.05) is 22.0 Å². The maximum Gasteiger partial charge on any atom is 0.241 e. The van der Waals surface area contributed by atoms with Crippen molar-refractivity contribution >= 4 is 27.5 Å². The van der Waals surface area contributed by atoms with Crippen LogP contribution in [-0.2, 0) is 4.79 Å². The highest BCUT2D eigenvalue weighted by molar-refractivity contribution is 9.10. The van der Waals surface area contributed by atoms with Crippen LogP contribution in [-0.4, -0.2) is 18.5 Å². The third-order valence-corrected chi connectivity index (χ3v) is 2.73. The van der Waals surface area contributed by atoms with E-state index >= 15 is 0 Å². The molecule has 1 atom stereocenters. The third-order valence-electron chi connectivity index (χ3n) is 2.23. The van der Waals surface area contributed by atoms with Crippen molar-refractivity contribution in [2.24, 2.45) is 0 Å². The standard InChI is InChI=1S/C10H11BrN2O/c11-7-2-1-3-8(6-7)13-10(14)9-4-5-12-9/h1-3,6,9,12H,4-5H2,(H,13,14)/t9-/m1/s1. The summed E-state index contributed by atoms with van der Waals surface area (Å²) in [5.41, 5.74) is 0.832. The largest absolute Gasteiger partial charge is 0.325 e. The Kier molecular flexibility index (Phi) is 2.84. The van der Waals surface area contributed by atoms with Crippen LogP contribution in [0.1, 0.15) is 6.42 Å². The van der Waals surface area contributed by atoms with Crippen LogP contribution in [0.5, 0.6) is 0 Å². The molecular weight excluding hydrogens is 244 g/mol. The van der Waals surface area contributed by atoms with Crippen LogP contribution >= 0.6 is 15.9 Å². The lowest BCUT2D eigenvalue weighted by atomic mass is 10.1. The molecule has 3 nitrogen and oxygen atoms in total. The molecule has 2 N–H and O–H groups in total. The van der Waals surface area contributed by atoms with Crippen LogP contribution in [0, 0.1) is 0 Å². The Bertz CT molecular complexity index is 350. The fourth-order valence-electron chi connectivity index (χ4n) is 1.31. The topological polar surface area (TPSA) is 41.1 Å². The first-order valence-corrected chi connectivity index (χ1v) is 5.35. The van der Waals surface area contributed by atoms with Crippen LogP contribution < -0.4 is 10.6 Å². The first-order chi connectivity index (χ1) is 6.75. The molecule has 1 heterocycles. The summed E-state index contributed by atoms with van der Waals surface area (Å²) in [5.74, 6) is 0.0503. The number of hydrogen-bond donors (Lipinski definition) is 2. The lowest BCUT2D eigenvalue weighted by molar-refractivity contribution is -0.119. The van der Waals surface area contributed by atoms with E-state index in [-0.39, 0.29) is 11.9 Å². The highest BCUT2D eigenvalue weighted by Crippen LogP contribution is 2.16. The van der Waals surface area contributed by atoms with Gasteiger partial charge in [-0.05, 0) is 31.2 Å². The fourth-order valence-corrected chi connectivity index (χ4v) is 1.71. The van der Waals surface area contributed by atoms with Gasteiger partial charge in [0.25, 0.3) is 0 Å². The molecular formula is C10H11BrN2O. The second-order valence-electron chi connectivity index (χ2n) is 3.29. The zero-order valence-electron chi connectivity index (χ0n) is 7.59. The van der Waals surface area contributed by atoms with E-state index in [0.717, 1.165) is 23.1 Å². The molecule has 0 saturated carbocycles. The van der Waals surface area contributed by atoms with E-state index in [9.17, 15) is 4.79 Å². The highest BCUT2D eigenvalue weighted by Gasteiger charge is 2.24. The van der Waals surface area contributed by atoms with Crippen molar-refractivity contribution in [3.05, 3.63) is 28.7 Å². The average Bonchev–Trinajstić information content (AvgIpc) is 1.99. The summed E-state index contributed by atoms with van der Waals surface area (Å²) in [7, 11) is 0. The second kappa shape index (κ2) is 4.11. The lowest BCUT2D eigenvalue weighted by Gasteiger charge is -2.26. The summed E-state index contributed by atoms with van der Waals surface area (Å²) in [5, 5.41) is 5.91. The molecule has 1 aliphatic heterocycles. The minimum Gasteiger partial charge on any atom is -0.325 e. The number of carbonyl (C=O) groups is 1. The van der Waals surface area contributed by atoms with Crippen LogP contribution in [0.25, 0.3) is 0 Å². The van der Waals surface area contributed by atoms with Gasteiger partial charge in [0.1, 0.15) is 0 Å². The Morgan fingerprint density at radius 3 is 2.93 bits per heavy atom. The second-order valence-corrected chi connectivity index (χ2v) is 4.21. The highest BCUT2D eigenvalue weighted by atomic mass is 79.9. The van der Waals surface area contributed by atoms with Gasteiger partial charge in [0.2, 0.25) is 5.91 Å². The summed E-state index contributed by atoms with van der Waals surface area (Å²) in [6.07, 6.45) is 0.930. The Balaban J connectivity index is 1.99. The van der Waals surface area contributed by atoms with Crippen molar-refractivity contribution in [3.8, 4) is 0 Å². The van der Waals surface area contributed by atoms with E-state index < -0.39 is 0 Å². The molecule has 1 fully saturated rings. The van der Waals surface area contributed by atoms with Crippen molar-refractivity contribution in [2.45, 2.75) is 12.5 Å². The molecule has 1 aromatic rings. The summed E-state index contributed by atoms with van der Waals surface area (Å²) < 4.78 is 0.969. The third kappa shape index (κ3) is 2.13. The van der Waals surface area contributed by atoms with Crippen molar-refractivity contribution in [1.82, 2.24) is 5.32 Å². The van der Waals surface area contributed by atoms with Crippen LogP contribution in [0.15, 0.2) is 28.7 Å². The van der Waals surface area contributed by atoms with Crippen LogP contribution in [0.3, 0.4) is 0 Å². The number of carbonyl (C=O) groups excluding carboxylic acids is 1. The quantitative estimate of drug-likeness (QED) is 0.845. The number of halogens is 1. The predicted octanol–water partition coefficient (Wildman–Crippen LogP) is 1.75. The molecule has 1 aromatic carbocycles. The molecule has 0 aromatic heterocycles. The molecule has 1 aliphatic rings. The first kappa shape index (κ1) is 9.68. The Labute approximate surface area is 91.0 Å². The SMILES string of the molecule is O=C(Nc1cccc(Br)c1)[C@H]1CCN1. The number of amides is 1. The number of hydrogen-bond acceptors (Lipinski definition) is 2. The molecule has 4 heteroatoms. The Morgan fingerprint density at radius 2 is 2.36 bits per heavy atom. The van der Waals surface area contributed by atoms with E-state index in [1.54, 1.807) is 0 Å². The molecule has 14 heavy (non-hydrogen) atoms. The maximum atomic E-state index is 11.5. The zero-order chi connectivity index (χ0) is 9.97. The van der Waals surface area contributed by atoms with Gasteiger partial charge in [-0.15, -0.1) is 0 Å². The Morgan fingerprint density at radius 1 is 1.57 bits per heavy atom. The van der Waals surface area contributed by atoms with Gasteiger partial charge in [0, 0.05) is 10.2 Å². The van der Waals surface area contributed by atoms with Gasteiger partial charge in [-0.25, -0.2) is 0 Å². The van der Waals surface area contributed by atoms with Gasteiger partial charge >= 0.3 is 0 Å². The van der Waals surface area contributed by atoms with E-state index in [1.807, 2.05) is 24.3 Å². The zero-order valence-corrected chi connectivity index (χ0v) is 9.17. The number of benzene rings is 1. The first-order valence-electron chi connectivity index (χ1n) is 4.55. The van der Waals surface area contributed by atoms with E-state index in [2.05, 4.69) is 26.6 Å². The van der Waals surface area contributed by atoms with Crippen LogP contribution in [0.4, 0.5) is 5.69 Å². The monoisotopic (exact) mass is 254 g/mol. The van der Waals surface area contributed by atoms with E-state index in [4.69, 9.17) is 0 Å². The van der Waals surface area contributed by atoms with E-state index in [0.29, 0.717) is 0 Å². The van der Waals surface area contributed by atoms with Gasteiger partial charge in [0.05, 0.1) is 6.04 Å². The van der Waals surface area contributed by atoms with Gasteiger partial charge in [-0.3, -0.25) is 4.79 Å². The molecule has 0 bridgehead atoms. The number of rotatable bonds is 2. The van der Waals surface area contributed by atoms with Gasteiger partial charge < -0.3 is 10.6 Å². The summed E-state index contributed by atoms with van der Waals surface area (Å²) in [6, 6.07) is 7.58. The summed E-state index contributed by atoms with van der Waals surface area (Å²) >= 11 is 3.35. The molecule has 1 amide bonds. The number of anilines is 1. The normalized spacial score (nSPS) is 19.9. The van der Waals surface area contributed by atoms with Gasteiger partial charge in [-0.2, -0.15) is 0 Å². The van der Waals surface area contributed by atoms with Crippen molar-refractivity contribution in [3.63, 3.8) is 0 Å². The van der Waals surface area contributed by atoms with Crippen molar-refractivity contribution < 1.29 is 4.79 Å². The molecule has 0 spiro atoms. The Hall–Kier alpha value is -0.870. The average molecular weight is 255 g/mol. The predicted molar refractivity (Wildman–Crippen MR) is 59.2 cm³/mol. The van der Waals surface area contributed by atoms with Crippen molar-refractivity contribution in [2.75, 3.05) is 11.9 Å². The molecule has 0 aliphatic carbocycles. The fraction of sp³-hybridized carbons (Fsp3) is 0.300. The molecule has 0 radical (unpaired) electrons. The van der Waals surface area contributed by atoms with Crippen molar-refractivity contribution in [1.29, 1.82) is 0 Å². The maximum absolute atomic E-state index is 11.5. The summed E-state index contributed by atoms with van der Waals surface area (Å²) in [6.45, 7) is 0.941. The minimum atomic E-state index is -0.00557.